The molecule has 2 nitrogen and oxygen atoms in total. The molecule has 1 aromatic rings. The van der Waals surface area contributed by atoms with E-state index in [1.807, 2.05) is 13.8 Å². The first-order chi connectivity index (χ1) is 9.49. The Hall–Kier alpha value is -1.16. The molecule has 4 heteroatoms. The van der Waals surface area contributed by atoms with Crippen LogP contribution in [0.1, 0.15) is 45.6 Å². The Bertz CT molecular complexity index is 392. The van der Waals surface area contributed by atoms with Crippen LogP contribution in [0.25, 0.3) is 0 Å². The molecule has 0 spiro atoms. The zero-order valence-electron chi connectivity index (χ0n) is 12.4. The molecule has 1 aromatic carbocycles. The van der Waals surface area contributed by atoms with Crippen molar-refractivity contribution >= 4 is 0 Å². The van der Waals surface area contributed by atoms with Crippen molar-refractivity contribution in [2.24, 2.45) is 5.92 Å². The lowest BCUT2D eigenvalue weighted by atomic mass is 9.77. The maximum absolute atomic E-state index is 13.2. The van der Waals surface area contributed by atoms with Gasteiger partial charge in [-0.15, -0.1) is 0 Å². The molecule has 2 unspecified atom stereocenters. The second kappa shape index (κ2) is 7.58. The summed E-state index contributed by atoms with van der Waals surface area (Å²) in [6.07, 6.45) is -1.33. The smallest absolute Gasteiger partial charge is 0.244 e. The Balaban J connectivity index is 3.10. The SMILES string of the molecule is CCCC(O)(c1ccc(OCC)cc1)C(CC)C(F)F. The largest absolute Gasteiger partial charge is 0.494 e. The lowest BCUT2D eigenvalue weighted by molar-refractivity contribution is -0.0975. The molecular formula is C16H24F2O2. The summed E-state index contributed by atoms with van der Waals surface area (Å²) in [5, 5.41) is 10.8. The fraction of sp³-hybridized carbons (Fsp3) is 0.625. The standard InChI is InChI=1S/C16H24F2O2/c1-4-11-16(19,14(5-2)15(17)18)12-7-9-13(10-8-12)20-6-3/h7-10,14-15,19H,4-6,11H2,1-3H3. The van der Waals surface area contributed by atoms with Crippen molar-refractivity contribution in [2.75, 3.05) is 6.61 Å². The Morgan fingerprint density at radius 3 is 2.15 bits per heavy atom. The number of benzene rings is 1. The minimum atomic E-state index is -2.54. The summed E-state index contributed by atoms with van der Waals surface area (Å²) in [5.41, 5.74) is -0.947. The van der Waals surface area contributed by atoms with E-state index in [1.54, 1.807) is 31.2 Å². The van der Waals surface area contributed by atoms with Crippen LogP contribution in [0.4, 0.5) is 8.78 Å². The molecule has 0 bridgehead atoms. The number of alkyl halides is 2. The number of ether oxygens (including phenoxy) is 1. The number of halogens is 2. The van der Waals surface area contributed by atoms with Gasteiger partial charge in [-0.25, -0.2) is 8.78 Å². The fourth-order valence-corrected chi connectivity index (χ4v) is 2.66. The van der Waals surface area contributed by atoms with Crippen molar-refractivity contribution in [2.45, 2.75) is 52.1 Å². The topological polar surface area (TPSA) is 29.5 Å². The van der Waals surface area contributed by atoms with E-state index in [1.165, 1.54) is 0 Å². The van der Waals surface area contributed by atoms with Crippen LogP contribution in [-0.2, 0) is 5.60 Å². The van der Waals surface area contributed by atoms with Crippen LogP contribution < -0.4 is 4.74 Å². The minimum Gasteiger partial charge on any atom is -0.494 e. The summed E-state index contributed by atoms with van der Waals surface area (Å²) >= 11 is 0. The summed E-state index contributed by atoms with van der Waals surface area (Å²) in [4.78, 5) is 0. The van der Waals surface area contributed by atoms with Gasteiger partial charge in [0.15, 0.2) is 0 Å². The first-order valence-corrected chi connectivity index (χ1v) is 7.23. The average Bonchev–Trinajstić information content (AvgIpc) is 2.40. The summed E-state index contributed by atoms with van der Waals surface area (Å²) in [7, 11) is 0. The Morgan fingerprint density at radius 2 is 1.75 bits per heavy atom. The summed E-state index contributed by atoms with van der Waals surface area (Å²) < 4.78 is 31.8. The molecule has 20 heavy (non-hydrogen) atoms. The second-order valence-corrected chi connectivity index (χ2v) is 4.98. The van der Waals surface area contributed by atoms with Crippen molar-refractivity contribution in [3.63, 3.8) is 0 Å². The van der Waals surface area contributed by atoms with E-state index in [9.17, 15) is 13.9 Å². The van der Waals surface area contributed by atoms with Gasteiger partial charge in [-0.2, -0.15) is 0 Å². The van der Waals surface area contributed by atoms with Gasteiger partial charge in [-0.3, -0.25) is 0 Å². The third kappa shape index (κ3) is 3.69. The molecule has 1 rings (SSSR count). The summed E-state index contributed by atoms with van der Waals surface area (Å²) in [5.74, 6) is -0.374. The van der Waals surface area contributed by atoms with E-state index in [2.05, 4.69) is 0 Å². The quantitative estimate of drug-likeness (QED) is 0.769. The highest BCUT2D eigenvalue weighted by atomic mass is 19.3. The van der Waals surface area contributed by atoms with Crippen LogP contribution in [0.2, 0.25) is 0 Å². The minimum absolute atomic E-state index is 0.237. The lowest BCUT2D eigenvalue weighted by Crippen LogP contribution is -2.39. The molecule has 1 N–H and O–H groups in total. The van der Waals surface area contributed by atoms with Gasteiger partial charge in [0.05, 0.1) is 18.1 Å². The van der Waals surface area contributed by atoms with Crippen molar-refractivity contribution in [1.82, 2.24) is 0 Å². The van der Waals surface area contributed by atoms with Gasteiger partial charge in [0.25, 0.3) is 0 Å². The highest BCUT2D eigenvalue weighted by Crippen LogP contribution is 2.40. The predicted molar refractivity (Wildman–Crippen MR) is 76.2 cm³/mol. The maximum Gasteiger partial charge on any atom is 0.244 e. The van der Waals surface area contributed by atoms with Gasteiger partial charge in [0, 0.05) is 0 Å². The van der Waals surface area contributed by atoms with Crippen LogP contribution in [0.15, 0.2) is 24.3 Å². The van der Waals surface area contributed by atoms with Crippen LogP contribution >= 0.6 is 0 Å². The van der Waals surface area contributed by atoms with E-state index < -0.39 is 17.9 Å². The van der Waals surface area contributed by atoms with Gasteiger partial charge >= 0.3 is 0 Å². The highest BCUT2D eigenvalue weighted by Gasteiger charge is 2.41. The third-order valence-electron chi connectivity index (χ3n) is 3.65. The molecular weight excluding hydrogens is 262 g/mol. The van der Waals surface area contributed by atoms with Crippen molar-refractivity contribution in [1.29, 1.82) is 0 Å². The van der Waals surface area contributed by atoms with Crippen LogP contribution in [0.5, 0.6) is 5.75 Å². The number of hydrogen-bond acceptors (Lipinski definition) is 2. The first-order valence-electron chi connectivity index (χ1n) is 7.23. The average molecular weight is 286 g/mol. The van der Waals surface area contributed by atoms with Gasteiger partial charge in [-0.1, -0.05) is 32.4 Å². The highest BCUT2D eigenvalue weighted by molar-refractivity contribution is 5.31. The molecule has 0 heterocycles. The van der Waals surface area contributed by atoms with Gasteiger partial charge in [0.2, 0.25) is 6.43 Å². The molecule has 0 aliphatic heterocycles. The first kappa shape index (κ1) is 16.9. The zero-order valence-corrected chi connectivity index (χ0v) is 12.4. The molecule has 0 fully saturated rings. The van der Waals surface area contributed by atoms with E-state index in [4.69, 9.17) is 4.74 Å². The van der Waals surface area contributed by atoms with E-state index in [0.29, 0.717) is 30.8 Å². The lowest BCUT2D eigenvalue weighted by Gasteiger charge is -2.36. The Kier molecular flexibility index (Phi) is 6.40. The normalized spacial score (nSPS) is 15.9. The number of hydrogen-bond donors (Lipinski definition) is 1. The fourth-order valence-electron chi connectivity index (χ4n) is 2.66. The molecule has 2 atom stereocenters. The van der Waals surface area contributed by atoms with Crippen molar-refractivity contribution in [3.8, 4) is 5.75 Å². The molecule has 0 saturated carbocycles. The van der Waals surface area contributed by atoms with Crippen LogP contribution in [-0.4, -0.2) is 18.1 Å². The van der Waals surface area contributed by atoms with Gasteiger partial charge in [-0.05, 0) is 37.5 Å². The summed E-state index contributed by atoms with van der Waals surface area (Å²) in [6, 6.07) is 6.81. The molecule has 0 aliphatic carbocycles. The predicted octanol–water partition coefficient (Wildman–Crippen LogP) is 4.36. The van der Waals surface area contributed by atoms with Crippen LogP contribution in [0.3, 0.4) is 0 Å². The zero-order chi connectivity index (χ0) is 15.2. The summed E-state index contributed by atoms with van der Waals surface area (Å²) in [6.45, 7) is 6.00. The van der Waals surface area contributed by atoms with Crippen molar-refractivity contribution in [3.05, 3.63) is 29.8 Å². The monoisotopic (exact) mass is 286 g/mol. The second-order valence-electron chi connectivity index (χ2n) is 4.98. The number of rotatable bonds is 8. The van der Waals surface area contributed by atoms with Gasteiger partial charge in [0.1, 0.15) is 5.75 Å². The van der Waals surface area contributed by atoms with E-state index >= 15 is 0 Å². The molecule has 0 aliphatic rings. The third-order valence-corrected chi connectivity index (χ3v) is 3.65. The molecule has 0 amide bonds. The number of aliphatic hydroxyl groups is 1. The Morgan fingerprint density at radius 1 is 1.15 bits per heavy atom. The van der Waals surface area contributed by atoms with E-state index in [-0.39, 0.29) is 6.42 Å². The molecule has 114 valence electrons. The molecule has 0 saturated heterocycles. The van der Waals surface area contributed by atoms with Gasteiger partial charge < -0.3 is 9.84 Å². The van der Waals surface area contributed by atoms with Crippen molar-refractivity contribution < 1.29 is 18.6 Å². The van der Waals surface area contributed by atoms with Crippen LogP contribution in [0, 0.1) is 5.92 Å². The molecule has 0 aromatic heterocycles. The maximum atomic E-state index is 13.2. The van der Waals surface area contributed by atoms with E-state index in [0.717, 1.165) is 0 Å². The molecule has 0 radical (unpaired) electrons. The Labute approximate surface area is 119 Å².